The van der Waals surface area contributed by atoms with Crippen molar-refractivity contribution in [3.05, 3.63) is 89.7 Å². The highest BCUT2D eigenvalue weighted by Gasteiger charge is 2.32. The number of anilines is 3. The maximum atomic E-state index is 12.7. The van der Waals surface area contributed by atoms with Gasteiger partial charge in [-0.15, -0.1) is 0 Å². The Morgan fingerprint density at radius 2 is 1.74 bits per heavy atom. The molecule has 38 heavy (non-hydrogen) atoms. The molecule has 194 valence electrons. The van der Waals surface area contributed by atoms with Crippen molar-refractivity contribution in [2.45, 2.75) is 39.8 Å². The first-order chi connectivity index (χ1) is 18.4. The number of fused-ring (bicyclic) bond motifs is 1. The number of aromatic nitrogens is 2. The van der Waals surface area contributed by atoms with Gasteiger partial charge in [0.2, 0.25) is 11.9 Å². The highest BCUT2D eigenvalue weighted by Crippen LogP contribution is 2.26. The molecule has 1 aliphatic rings. The van der Waals surface area contributed by atoms with Gasteiger partial charge in [0.1, 0.15) is 6.10 Å². The highest BCUT2D eigenvalue weighted by atomic mass is 16.6. The van der Waals surface area contributed by atoms with E-state index >= 15 is 0 Å². The van der Waals surface area contributed by atoms with Crippen LogP contribution in [0.1, 0.15) is 30.3 Å². The summed E-state index contributed by atoms with van der Waals surface area (Å²) >= 11 is 0. The molecule has 0 aliphatic carbocycles. The SMILES string of the molecule is CCN(c1ccc(NC(=O)OC2CC(=O)N(Cc3cccc4ccccc34)C2)cc1)c1nc(C)cc(C)n1. The first-order valence-electron chi connectivity index (χ1n) is 12.8. The molecule has 5 rings (SSSR count). The van der Waals surface area contributed by atoms with Gasteiger partial charge in [0.25, 0.3) is 0 Å². The van der Waals surface area contributed by atoms with Gasteiger partial charge in [-0.25, -0.2) is 14.8 Å². The highest BCUT2D eigenvalue weighted by molar-refractivity contribution is 5.88. The molecule has 0 bridgehead atoms. The molecule has 1 aromatic heterocycles. The van der Waals surface area contributed by atoms with Crippen molar-refractivity contribution < 1.29 is 14.3 Å². The molecule has 1 fully saturated rings. The lowest BCUT2D eigenvalue weighted by Gasteiger charge is -2.22. The number of aryl methyl sites for hydroxylation is 2. The van der Waals surface area contributed by atoms with Gasteiger partial charge < -0.3 is 14.5 Å². The van der Waals surface area contributed by atoms with Crippen LogP contribution in [0.4, 0.5) is 22.1 Å². The van der Waals surface area contributed by atoms with E-state index in [1.165, 1.54) is 0 Å². The summed E-state index contributed by atoms with van der Waals surface area (Å²) in [5.74, 6) is 0.623. The fourth-order valence-corrected chi connectivity index (χ4v) is 4.89. The molecule has 1 saturated heterocycles. The van der Waals surface area contributed by atoms with E-state index in [-0.39, 0.29) is 12.3 Å². The number of rotatable bonds is 7. The Labute approximate surface area is 222 Å². The minimum absolute atomic E-state index is 0.0200. The zero-order chi connectivity index (χ0) is 26.6. The summed E-state index contributed by atoms with van der Waals surface area (Å²) in [5, 5.41) is 5.04. The van der Waals surface area contributed by atoms with E-state index in [0.717, 1.165) is 33.4 Å². The van der Waals surface area contributed by atoms with E-state index in [9.17, 15) is 9.59 Å². The smallest absolute Gasteiger partial charge is 0.411 e. The minimum atomic E-state index is -0.576. The van der Waals surface area contributed by atoms with Crippen LogP contribution in [0.2, 0.25) is 0 Å². The molecule has 4 aromatic rings. The number of nitrogens with one attached hydrogen (secondary N) is 1. The third-order valence-corrected chi connectivity index (χ3v) is 6.65. The van der Waals surface area contributed by atoms with Crippen LogP contribution in [0, 0.1) is 13.8 Å². The monoisotopic (exact) mass is 509 g/mol. The summed E-state index contributed by atoms with van der Waals surface area (Å²) in [4.78, 5) is 38.1. The van der Waals surface area contributed by atoms with Crippen LogP contribution >= 0.6 is 0 Å². The average molecular weight is 510 g/mol. The van der Waals surface area contributed by atoms with Gasteiger partial charge in [0.05, 0.1) is 13.0 Å². The van der Waals surface area contributed by atoms with Gasteiger partial charge in [-0.1, -0.05) is 42.5 Å². The number of hydrogen-bond donors (Lipinski definition) is 1. The van der Waals surface area contributed by atoms with Crippen LogP contribution in [0.25, 0.3) is 10.8 Å². The molecule has 8 heteroatoms. The summed E-state index contributed by atoms with van der Waals surface area (Å²) in [6, 6.07) is 23.6. The molecule has 0 radical (unpaired) electrons. The second-order valence-electron chi connectivity index (χ2n) is 9.51. The predicted molar refractivity (Wildman–Crippen MR) is 149 cm³/mol. The summed E-state index contributed by atoms with van der Waals surface area (Å²) in [7, 11) is 0. The Morgan fingerprint density at radius 3 is 2.47 bits per heavy atom. The number of benzene rings is 3. The Balaban J connectivity index is 1.18. The van der Waals surface area contributed by atoms with Gasteiger partial charge in [0, 0.05) is 35.9 Å². The predicted octanol–water partition coefficient (Wildman–Crippen LogP) is 5.75. The van der Waals surface area contributed by atoms with E-state index < -0.39 is 12.2 Å². The molecule has 3 aromatic carbocycles. The lowest BCUT2D eigenvalue weighted by atomic mass is 10.0. The van der Waals surface area contributed by atoms with E-state index in [1.807, 2.05) is 80.3 Å². The van der Waals surface area contributed by atoms with Gasteiger partial charge in [0.15, 0.2) is 0 Å². The third-order valence-electron chi connectivity index (χ3n) is 6.65. The number of nitrogens with zero attached hydrogens (tertiary/aromatic N) is 4. The molecule has 0 saturated carbocycles. The number of ether oxygens (including phenoxy) is 1. The maximum absolute atomic E-state index is 12.7. The van der Waals surface area contributed by atoms with E-state index in [1.54, 1.807) is 4.90 Å². The first kappa shape index (κ1) is 25.2. The molecule has 1 N–H and O–H groups in total. The summed E-state index contributed by atoms with van der Waals surface area (Å²) in [5.41, 5.74) is 4.42. The van der Waals surface area contributed by atoms with Gasteiger partial charge in [-0.2, -0.15) is 0 Å². The second-order valence-corrected chi connectivity index (χ2v) is 9.51. The van der Waals surface area contributed by atoms with Crippen molar-refractivity contribution in [1.29, 1.82) is 0 Å². The van der Waals surface area contributed by atoms with Crippen LogP contribution in [0.15, 0.2) is 72.8 Å². The quantitative estimate of drug-likeness (QED) is 0.341. The third kappa shape index (κ3) is 5.59. The van der Waals surface area contributed by atoms with E-state index in [2.05, 4.69) is 33.5 Å². The Kier molecular flexibility index (Phi) is 7.22. The lowest BCUT2D eigenvalue weighted by molar-refractivity contribution is -0.128. The van der Waals surface area contributed by atoms with Crippen molar-refractivity contribution in [1.82, 2.24) is 14.9 Å². The second kappa shape index (κ2) is 10.9. The molecule has 0 spiro atoms. The van der Waals surface area contributed by atoms with Crippen LogP contribution in [0.5, 0.6) is 0 Å². The molecule has 1 unspecified atom stereocenters. The Hall–Kier alpha value is -4.46. The fraction of sp³-hybridized carbons (Fsp3) is 0.267. The number of carbonyl (C=O) groups excluding carboxylic acids is 2. The molecule has 2 amide bonds. The zero-order valence-electron chi connectivity index (χ0n) is 21.8. The normalized spacial score (nSPS) is 15.1. The fourth-order valence-electron chi connectivity index (χ4n) is 4.89. The molecule has 1 atom stereocenters. The van der Waals surface area contributed by atoms with Crippen LogP contribution in [-0.4, -0.2) is 46.1 Å². The van der Waals surface area contributed by atoms with Gasteiger partial charge >= 0.3 is 6.09 Å². The zero-order valence-corrected chi connectivity index (χ0v) is 21.8. The summed E-state index contributed by atoms with van der Waals surface area (Å²) < 4.78 is 5.59. The van der Waals surface area contributed by atoms with Crippen LogP contribution < -0.4 is 10.2 Å². The Morgan fingerprint density at radius 1 is 1.03 bits per heavy atom. The van der Waals surface area contributed by atoms with Crippen molar-refractivity contribution >= 4 is 40.1 Å². The van der Waals surface area contributed by atoms with Crippen molar-refractivity contribution in [3.63, 3.8) is 0 Å². The lowest BCUT2D eigenvalue weighted by Crippen LogP contribution is -2.28. The van der Waals surface area contributed by atoms with Crippen molar-refractivity contribution in [2.75, 3.05) is 23.3 Å². The van der Waals surface area contributed by atoms with Gasteiger partial charge in [-0.3, -0.25) is 10.1 Å². The molecular weight excluding hydrogens is 478 g/mol. The number of amides is 2. The number of carbonyl (C=O) groups is 2. The number of likely N-dealkylation sites (tertiary alicyclic amines) is 1. The Bertz CT molecular complexity index is 1450. The molecule has 1 aliphatic heterocycles. The van der Waals surface area contributed by atoms with Crippen molar-refractivity contribution in [3.8, 4) is 0 Å². The minimum Gasteiger partial charge on any atom is -0.444 e. The largest absolute Gasteiger partial charge is 0.444 e. The topological polar surface area (TPSA) is 87.7 Å². The number of hydrogen-bond acceptors (Lipinski definition) is 6. The first-order valence-corrected chi connectivity index (χ1v) is 12.8. The standard InChI is InChI=1S/C30H31N5O3/c1-4-35(29-31-20(2)16-21(3)32-29)25-14-12-24(13-15-25)33-30(37)38-26-17-28(36)34(19-26)18-23-10-7-9-22-8-5-6-11-27(22)23/h5-16,26H,4,17-19H2,1-3H3,(H,33,37). The molecule has 2 heterocycles. The van der Waals surface area contributed by atoms with Gasteiger partial charge in [-0.05, 0) is 67.4 Å². The van der Waals surface area contributed by atoms with E-state index in [4.69, 9.17) is 4.74 Å². The maximum Gasteiger partial charge on any atom is 0.411 e. The summed E-state index contributed by atoms with van der Waals surface area (Å²) in [6.07, 6.45) is -0.889. The van der Waals surface area contributed by atoms with E-state index in [0.29, 0.717) is 31.3 Å². The molecule has 8 nitrogen and oxygen atoms in total. The molecular formula is C30H31N5O3. The summed E-state index contributed by atoms with van der Waals surface area (Å²) in [6.45, 7) is 7.49. The van der Waals surface area contributed by atoms with Crippen LogP contribution in [0.3, 0.4) is 0 Å². The average Bonchev–Trinajstić information content (AvgIpc) is 3.23. The van der Waals surface area contributed by atoms with Crippen LogP contribution in [-0.2, 0) is 16.1 Å². The van der Waals surface area contributed by atoms with Crippen molar-refractivity contribution in [2.24, 2.45) is 0 Å².